The summed E-state index contributed by atoms with van der Waals surface area (Å²) < 4.78 is 15.6. The molecule has 0 aliphatic heterocycles. The quantitative estimate of drug-likeness (QED) is 0.819. The molecule has 0 spiro atoms. The molecule has 15 heavy (non-hydrogen) atoms. The minimum Gasteiger partial charge on any atom is -0.265 e. The van der Waals surface area contributed by atoms with E-state index in [0.717, 1.165) is 11.3 Å². The molecule has 4 heteroatoms. The highest BCUT2D eigenvalue weighted by atomic mass is 79.9. The fourth-order valence-corrected chi connectivity index (χ4v) is 1.79. The van der Waals surface area contributed by atoms with Crippen molar-refractivity contribution in [1.29, 1.82) is 0 Å². The first-order valence-electron chi connectivity index (χ1n) is 4.60. The number of hydrogen-bond acceptors (Lipinski definition) is 1. The van der Waals surface area contributed by atoms with Crippen LogP contribution >= 0.6 is 15.9 Å². The molecule has 1 aromatic heterocycles. The number of benzene rings is 1. The maximum Gasteiger partial charge on any atom is 0.137 e. The SMILES string of the molecule is Cc1ccnn1Cc1cccc(F)c1Br. The van der Waals surface area contributed by atoms with Gasteiger partial charge in [0.1, 0.15) is 5.82 Å². The first-order chi connectivity index (χ1) is 7.18. The van der Waals surface area contributed by atoms with Crippen molar-refractivity contribution in [2.75, 3.05) is 0 Å². The van der Waals surface area contributed by atoms with Crippen molar-refractivity contribution in [2.24, 2.45) is 0 Å². The standard InChI is InChI=1S/C11H10BrFN2/c1-8-5-6-14-15(8)7-9-3-2-4-10(13)11(9)12/h2-6H,7H2,1H3. The fraction of sp³-hybridized carbons (Fsp3) is 0.182. The zero-order valence-electron chi connectivity index (χ0n) is 8.24. The summed E-state index contributed by atoms with van der Waals surface area (Å²) >= 11 is 3.23. The summed E-state index contributed by atoms with van der Waals surface area (Å²) in [5.41, 5.74) is 1.95. The molecule has 0 aliphatic rings. The van der Waals surface area contributed by atoms with Crippen molar-refractivity contribution in [2.45, 2.75) is 13.5 Å². The van der Waals surface area contributed by atoms with E-state index in [2.05, 4.69) is 21.0 Å². The number of rotatable bonds is 2. The molecular weight excluding hydrogens is 259 g/mol. The molecule has 1 heterocycles. The Morgan fingerprint density at radius 3 is 2.87 bits per heavy atom. The highest BCUT2D eigenvalue weighted by Gasteiger charge is 2.06. The molecule has 0 aliphatic carbocycles. The molecule has 0 fully saturated rings. The summed E-state index contributed by atoms with van der Waals surface area (Å²) in [4.78, 5) is 0. The molecule has 0 saturated heterocycles. The third-order valence-electron chi connectivity index (χ3n) is 2.28. The van der Waals surface area contributed by atoms with Crippen LogP contribution in [0.3, 0.4) is 0 Å². The largest absolute Gasteiger partial charge is 0.265 e. The first kappa shape index (κ1) is 10.4. The number of hydrogen-bond donors (Lipinski definition) is 0. The third-order valence-corrected chi connectivity index (χ3v) is 3.17. The molecule has 0 N–H and O–H groups in total. The fourth-order valence-electron chi connectivity index (χ4n) is 1.40. The first-order valence-corrected chi connectivity index (χ1v) is 5.39. The maximum atomic E-state index is 13.2. The minimum absolute atomic E-state index is 0.239. The van der Waals surface area contributed by atoms with Gasteiger partial charge in [0.15, 0.2) is 0 Å². The number of halogens is 2. The molecule has 1 aromatic carbocycles. The van der Waals surface area contributed by atoms with Gasteiger partial charge in [0.2, 0.25) is 0 Å². The molecule has 0 unspecified atom stereocenters. The molecule has 0 bridgehead atoms. The van der Waals surface area contributed by atoms with Crippen LogP contribution in [0.25, 0.3) is 0 Å². The Labute approximate surface area is 95.9 Å². The average Bonchev–Trinajstić information content (AvgIpc) is 2.60. The van der Waals surface area contributed by atoms with Crippen molar-refractivity contribution in [1.82, 2.24) is 9.78 Å². The van der Waals surface area contributed by atoms with Crippen LogP contribution in [-0.2, 0) is 6.54 Å². The second-order valence-electron chi connectivity index (χ2n) is 3.34. The van der Waals surface area contributed by atoms with E-state index in [1.165, 1.54) is 6.07 Å². The summed E-state index contributed by atoms with van der Waals surface area (Å²) in [5.74, 6) is -0.239. The van der Waals surface area contributed by atoms with Crippen LogP contribution in [0.15, 0.2) is 34.9 Å². The van der Waals surface area contributed by atoms with E-state index in [4.69, 9.17) is 0 Å². The Morgan fingerprint density at radius 2 is 2.20 bits per heavy atom. The predicted molar refractivity (Wildman–Crippen MR) is 60.2 cm³/mol. The van der Waals surface area contributed by atoms with Gasteiger partial charge in [-0.3, -0.25) is 4.68 Å². The Hall–Kier alpha value is -1.16. The van der Waals surface area contributed by atoms with Crippen LogP contribution in [0.5, 0.6) is 0 Å². The molecule has 0 amide bonds. The lowest BCUT2D eigenvalue weighted by molar-refractivity contribution is 0.608. The Kier molecular flexibility index (Phi) is 2.86. The van der Waals surface area contributed by atoms with Gasteiger partial charge in [-0.15, -0.1) is 0 Å². The number of aryl methyl sites for hydroxylation is 1. The van der Waals surface area contributed by atoms with Gasteiger partial charge in [0.25, 0.3) is 0 Å². The summed E-state index contributed by atoms with van der Waals surface area (Å²) in [6.07, 6.45) is 1.74. The lowest BCUT2D eigenvalue weighted by atomic mass is 10.2. The van der Waals surface area contributed by atoms with Crippen molar-refractivity contribution in [3.8, 4) is 0 Å². The van der Waals surface area contributed by atoms with E-state index in [1.54, 1.807) is 12.3 Å². The monoisotopic (exact) mass is 268 g/mol. The maximum absolute atomic E-state index is 13.2. The van der Waals surface area contributed by atoms with Gasteiger partial charge < -0.3 is 0 Å². The van der Waals surface area contributed by atoms with Crippen molar-refractivity contribution < 1.29 is 4.39 Å². The van der Waals surface area contributed by atoms with Crippen LogP contribution in [0.2, 0.25) is 0 Å². The highest BCUT2D eigenvalue weighted by molar-refractivity contribution is 9.10. The van der Waals surface area contributed by atoms with Gasteiger partial charge in [-0.1, -0.05) is 12.1 Å². The summed E-state index contributed by atoms with van der Waals surface area (Å²) in [5, 5.41) is 4.16. The summed E-state index contributed by atoms with van der Waals surface area (Å²) in [7, 11) is 0. The molecule has 2 nitrogen and oxygen atoms in total. The highest BCUT2D eigenvalue weighted by Crippen LogP contribution is 2.21. The van der Waals surface area contributed by atoms with E-state index < -0.39 is 0 Å². The van der Waals surface area contributed by atoms with Gasteiger partial charge in [-0.25, -0.2) is 4.39 Å². The van der Waals surface area contributed by atoms with E-state index in [9.17, 15) is 4.39 Å². The van der Waals surface area contributed by atoms with E-state index >= 15 is 0 Å². The van der Waals surface area contributed by atoms with Gasteiger partial charge >= 0.3 is 0 Å². The van der Waals surface area contributed by atoms with Crippen molar-refractivity contribution in [3.05, 3.63) is 52.0 Å². The van der Waals surface area contributed by atoms with Crippen molar-refractivity contribution >= 4 is 15.9 Å². The third kappa shape index (κ3) is 2.09. The normalized spacial score (nSPS) is 10.6. The van der Waals surface area contributed by atoms with Crippen LogP contribution in [0.4, 0.5) is 4.39 Å². The second kappa shape index (κ2) is 4.14. The Morgan fingerprint density at radius 1 is 1.40 bits per heavy atom. The van der Waals surface area contributed by atoms with Gasteiger partial charge in [-0.2, -0.15) is 5.10 Å². The zero-order chi connectivity index (χ0) is 10.8. The van der Waals surface area contributed by atoms with Crippen LogP contribution in [0, 0.1) is 12.7 Å². The van der Waals surface area contributed by atoms with Gasteiger partial charge in [-0.05, 0) is 40.5 Å². The van der Waals surface area contributed by atoms with Crippen LogP contribution in [0.1, 0.15) is 11.3 Å². The van der Waals surface area contributed by atoms with E-state index in [1.807, 2.05) is 23.7 Å². The van der Waals surface area contributed by atoms with Crippen LogP contribution < -0.4 is 0 Å². The molecular formula is C11H10BrFN2. The molecule has 0 atom stereocenters. The summed E-state index contributed by atoms with van der Waals surface area (Å²) in [6, 6.07) is 6.94. The molecule has 0 saturated carbocycles. The lowest BCUT2D eigenvalue weighted by Gasteiger charge is -2.07. The minimum atomic E-state index is -0.239. The van der Waals surface area contributed by atoms with Gasteiger partial charge in [0, 0.05) is 11.9 Å². The Bertz CT molecular complexity index is 479. The smallest absolute Gasteiger partial charge is 0.137 e. The lowest BCUT2D eigenvalue weighted by Crippen LogP contribution is -2.04. The topological polar surface area (TPSA) is 17.8 Å². The average molecular weight is 269 g/mol. The predicted octanol–water partition coefficient (Wildman–Crippen LogP) is 3.14. The number of nitrogens with zero attached hydrogens (tertiary/aromatic N) is 2. The second-order valence-corrected chi connectivity index (χ2v) is 4.14. The number of aromatic nitrogens is 2. The molecule has 2 aromatic rings. The molecule has 2 rings (SSSR count). The summed E-state index contributed by atoms with van der Waals surface area (Å²) in [6.45, 7) is 2.55. The van der Waals surface area contributed by atoms with E-state index in [-0.39, 0.29) is 5.82 Å². The van der Waals surface area contributed by atoms with Crippen molar-refractivity contribution in [3.63, 3.8) is 0 Å². The molecule has 0 radical (unpaired) electrons. The molecule has 78 valence electrons. The van der Waals surface area contributed by atoms with Crippen LogP contribution in [-0.4, -0.2) is 9.78 Å². The van der Waals surface area contributed by atoms with Gasteiger partial charge in [0.05, 0.1) is 11.0 Å². The zero-order valence-corrected chi connectivity index (χ0v) is 9.83. The van der Waals surface area contributed by atoms with E-state index in [0.29, 0.717) is 11.0 Å². The Balaban J connectivity index is 2.33.